The molecule has 7 nitrogen and oxygen atoms in total. The summed E-state index contributed by atoms with van der Waals surface area (Å²) in [5.74, 6) is 2.16. The number of ether oxygens (including phenoxy) is 1. The molecule has 0 aliphatic rings. The lowest BCUT2D eigenvalue weighted by atomic mass is 10.1. The van der Waals surface area contributed by atoms with Gasteiger partial charge in [0.05, 0.1) is 23.2 Å². The highest BCUT2D eigenvalue weighted by molar-refractivity contribution is 7.99. The van der Waals surface area contributed by atoms with Crippen LogP contribution in [0, 0.1) is 0 Å². The van der Waals surface area contributed by atoms with Crippen LogP contribution in [0.1, 0.15) is 13.3 Å². The van der Waals surface area contributed by atoms with Crippen molar-refractivity contribution in [2.75, 3.05) is 12.9 Å². The maximum Gasteiger partial charge on any atom is 0.268 e. The number of methoxy groups -OCH3 is 1. The van der Waals surface area contributed by atoms with Gasteiger partial charge in [-0.1, -0.05) is 61.2 Å². The number of nitrogens with zero attached hydrogens (tertiary/aromatic N) is 4. The lowest BCUT2D eigenvalue weighted by Crippen LogP contribution is -2.11. The summed E-state index contributed by atoms with van der Waals surface area (Å²) in [6, 6.07) is 23.5. The highest BCUT2D eigenvalue weighted by Gasteiger charge is 2.25. The minimum atomic E-state index is -3.81. The number of benzene rings is 3. The van der Waals surface area contributed by atoms with Gasteiger partial charge in [-0.3, -0.25) is 4.57 Å². The minimum Gasteiger partial charge on any atom is -0.497 e. The van der Waals surface area contributed by atoms with E-state index in [0.29, 0.717) is 22.7 Å². The van der Waals surface area contributed by atoms with Gasteiger partial charge in [-0.25, -0.2) is 12.4 Å². The summed E-state index contributed by atoms with van der Waals surface area (Å²) in [6.07, 6.45) is 2.63. The van der Waals surface area contributed by atoms with Gasteiger partial charge in [0.2, 0.25) is 0 Å². The van der Waals surface area contributed by atoms with E-state index in [2.05, 4.69) is 17.1 Å². The van der Waals surface area contributed by atoms with Gasteiger partial charge in [-0.15, -0.1) is 10.2 Å². The molecule has 5 rings (SSSR count). The molecule has 2 heterocycles. The smallest absolute Gasteiger partial charge is 0.268 e. The van der Waals surface area contributed by atoms with Crippen LogP contribution in [0.5, 0.6) is 5.75 Å². The molecule has 0 bridgehead atoms. The fourth-order valence-corrected chi connectivity index (χ4v) is 6.14. The number of fused-ring (bicyclic) bond motifs is 1. The Bertz CT molecular complexity index is 1590. The molecule has 0 fully saturated rings. The first kappa shape index (κ1) is 23.2. The van der Waals surface area contributed by atoms with Gasteiger partial charge in [0.25, 0.3) is 10.0 Å². The second-order valence-corrected chi connectivity index (χ2v) is 10.7. The SMILES string of the molecule is CCCSc1nnc(-c2cn(S(=O)(=O)c3ccccc3)c3ccccc23)n1-c1cccc(OC)c1. The van der Waals surface area contributed by atoms with Crippen LogP contribution >= 0.6 is 11.8 Å². The van der Waals surface area contributed by atoms with Crippen molar-refractivity contribution < 1.29 is 13.2 Å². The number of aromatic nitrogens is 4. The average molecular weight is 505 g/mol. The van der Waals surface area contributed by atoms with Gasteiger partial charge >= 0.3 is 0 Å². The molecule has 9 heteroatoms. The van der Waals surface area contributed by atoms with Gasteiger partial charge in [0, 0.05) is 29.0 Å². The van der Waals surface area contributed by atoms with Gasteiger partial charge < -0.3 is 4.74 Å². The van der Waals surface area contributed by atoms with E-state index in [4.69, 9.17) is 4.74 Å². The van der Waals surface area contributed by atoms with Crippen LogP contribution in [-0.4, -0.2) is 40.0 Å². The van der Waals surface area contributed by atoms with E-state index in [0.717, 1.165) is 28.4 Å². The summed E-state index contributed by atoms with van der Waals surface area (Å²) in [7, 11) is -2.19. The van der Waals surface area contributed by atoms with Crippen molar-refractivity contribution in [3.05, 3.63) is 85.1 Å². The van der Waals surface area contributed by atoms with Crippen molar-refractivity contribution in [2.45, 2.75) is 23.4 Å². The predicted octanol–water partition coefficient (Wildman–Crippen LogP) is 5.64. The van der Waals surface area contributed by atoms with Gasteiger partial charge in [-0.2, -0.15) is 0 Å². The molecule has 0 saturated carbocycles. The second kappa shape index (κ2) is 9.59. The maximum atomic E-state index is 13.6. The fourth-order valence-electron chi connectivity index (χ4n) is 3.95. The summed E-state index contributed by atoms with van der Waals surface area (Å²) in [6.45, 7) is 2.11. The molecule has 2 aromatic heterocycles. The first-order valence-electron chi connectivity index (χ1n) is 11.2. The zero-order valence-corrected chi connectivity index (χ0v) is 21.0. The quantitative estimate of drug-likeness (QED) is 0.255. The summed E-state index contributed by atoms with van der Waals surface area (Å²) in [5, 5.41) is 10.5. The van der Waals surface area contributed by atoms with E-state index >= 15 is 0 Å². The second-order valence-electron chi connectivity index (χ2n) is 7.87. The normalized spacial score (nSPS) is 11.7. The molecule has 0 N–H and O–H groups in total. The zero-order chi connectivity index (χ0) is 24.4. The Morgan fingerprint density at radius 1 is 0.943 bits per heavy atom. The third-order valence-electron chi connectivity index (χ3n) is 5.60. The van der Waals surface area contributed by atoms with E-state index in [1.165, 1.54) is 3.97 Å². The van der Waals surface area contributed by atoms with Crippen LogP contribution in [0.25, 0.3) is 28.0 Å². The highest BCUT2D eigenvalue weighted by atomic mass is 32.2. The molecular formula is C26H24N4O3S2. The first-order valence-corrected chi connectivity index (χ1v) is 13.6. The first-order chi connectivity index (χ1) is 17.0. The molecule has 0 saturated heterocycles. The molecule has 0 amide bonds. The maximum absolute atomic E-state index is 13.6. The third-order valence-corrected chi connectivity index (χ3v) is 8.42. The van der Waals surface area contributed by atoms with Crippen LogP contribution in [0.2, 0.25) is 0 Å². The van der Waals surface area contributed by atoms with Crippen LogP contribution in [0.15, 0.2) is 95.1 Å². The lowest BCUT2D eigenvalue weighted by molar-refractivity contribution is 0.414. The molecule has 0 radical (unpaired) electrons. The van der Waals surface area contributed by atoms with Gasteiger partial charge in [0.15, 0.2) is 11.0 Å². The predicted molar refractivity (Wildman–Crippen MR) is 139 cm³/mol. The monoisotopic (exact) mass is 504 g/mol. The number of hydrogen-bond acceptors (Lipinski definition) is 6. The number of hydrogen-bond donors (Lipinski definition) is 0. The Hall–Kier alpha value is -3.56. The molecular weight excluding hydrogens is 480 g/mol. The summed E-state index contributed by atoms with van der Waals surface area (Å²) in [4.78, 5) is 0.223. The Morgan fingerprint density at radius 3 is 2.49 bits per heavy atom. The third kappa shape index (κ3) is 4.21. The van der Waals surface area contributed by atoms with Crippen molar-refractivity contribution >= 4 is 32.7 Å². The summed E-state index contributed by atoms with van der Waals surface area (Å²) < 4.78 is 35.9. The van der Waals surface area contributed by atoms with Crippen molar-refractivity contribution in [1.82, 2.24) is 18.7 Å². The summed E-state index contributed by atoms with van der Waals surface area (Å²) in [5.41, 5.74) is 2.10. The number of rotatable bonds is 8. The Kier molecular flexibility index (Phi) is 6.36. The molecule has 178 valence electrons. The Morgan fingerprint density at radius 2 is 1.71 bits per heavy atom. The Labute approximate surface area is 208 Å². The highest BCUT2D eigenvalue weighted by Crippen LogP contribution is 2.36. The van der Waals surface area contributed by atoms with E-state index in [9.17, 15) is 8.42 Å². The fraction of sp³-hybridized carbons (Fsp3) is 0.154. The lowest BCUT2D eigenvalue weighted by Gasteiger charge is -2.11. The van der Waals surface area contributed by atoms with E-state index < -0.39 is 10.0 Å². The van der Waals surface area contributed by atoms with Crippen molar-refractivity contribution in [1.29, 1.82) is 0 Å². The van der Waals surface area contributed by atoms with E-state index in [1.54, 1.807) is 61.5 Å². The van der Waals surface area contributed by atoms with Crippen LogP contribution in [0.3, 0.4) is 0 Å². The molecule has 5 aromatic rings. The van der Waals surface area contributed by atoms with Gasteiger partial charge in [0.1, 0.15) is 5.75 Å². The zero-order valence-electron chi connectivity index (χ0n) is 19.3. The van der Waals surface area contributed by atoms with Crippen LogP contribution in [0.4, 0.5) is 0 Å². The van der Waals surface area contributed by atoms with Crippen molar-refractivity contribution in [3.63, 3.8) is 0 Å². The van der Waals surface area contributed by atoms with Crippen molar-refractivity contribution in [3.8, 4) is 22.8 Å². The number of thioether (sulfide) groups is 1. The van der Waals surface area contributed by atoms with Gasteiger partial charge in [-0.05, 0) is 36.8 Å². The van der Waals surface area contributed by atoms with Crippen LogP contribution < -0.4 is 4.74 Å². The largest absolute Gasteiger partial charge is 0.497 e. The molecule has 0 unspecified atom stereocenters. The van der Waals surface area contributed by atoms with E-state index in [-0.39, 0.29) is 4.90 Å². The van der Waals surface area contributed by atoms with E-state index in [1.807, 2.05) is 47.0 Å². The molecule has 0 atom stereocenters. The van der Waals surface area contributed by atoms with Crippen LogP contribution in [-0.2, 0) is 10.0 Å². The minimum absolute atomic E-state index is 0.223. The molecule has 35 heavy (non-hydrogen) atoms. The molecule has 0 aliphatic heterocycles. The van der Waals surface area contributed by atoms with Crippen molar-refractivity contribution in [2.24, 2.45) is 0 Å². The average Bonchev–Trinajstić information content (AvgIpc) is 3.50. The summed E-state index contributed by atoms with van der Waals surface area (Å²) >= 11 is 1.61. The number of para-hydroxylation sites is 1. The topological polar surface area (TPSA) is 79.0 Å². The molecule has 3 aromatic carbocycles. The Balaban J connectivity index is 1.76. The molecule has 0 aliphatic carbocycles. The standard InChI is InChI=1S/C26H24N4O3S2/c1-3-16-34-26-28-27-25(30(26)19-10-9-11-20(17-19)33-2)23-18-29(24-15-8-7-14-22(23)24)35(31,32)21-12-5-4-6-13-21/h4-15,17-18H,3,16H2,1-2H3. The molecule has 0 spiro atoms.